The molecule has 14 nitrogen and oxygen atoms in total. The van der Waals surface area contributed by atoms with E-state index in [1.54, 1.807) is 20.8 Å². The number of carbonyl (C=O) groups excluding carboxylic acids is 6. The second-order valence-corrected chi connectivity index (χ2v) is 15.9. The number of allylic oxidation sites excluding steroid dienone is 1. The second kappa shape index (κ2) is 16.3. The highest BCUT2D eigenvalue weighted by molar-refractivity contribution is 5.72. The largest absolute Gasteiger partial charge is 0.462 e. The van der Waals surface area contributed by atoms with Gasteiger partial charge in [-0.15, -0.1) is 0 Å². The van der Waals surface area contributed by atoms with Gasteiger partial charge in [-0.05, 0) is 32.2 Å². The van der Waals surface area contributed by atoms with Gasteiger partial charge in [0.2, 0.25) is 0 Å². The van der Waals surface area contributed by atoms with Crippen LogP contribution in [0.5, 0.6) is 0 Å². The molecule has 1 N–H and O–H groups in total. The molecule has 0 saturated heterocycles. The van der Waals surface area contributed by atoms with Crippen molar-refractivity contribution in [2.24, 2.45) is 22.7 Å². The molecule has 2 bridgehead atoms. The normalized spacial score (nSPS) is 31.8. The van der Waals surface area contributed by atoms with Crippen LogP contribution >= 0.6 is 0 Å². The number of ether oxygens (including phenoxy) is 6. The zero-order valence-electron chi connectivity index (χ0n) is 33.6. The van der Waals surface area contributed by atoms with E-state index in [9.17, 15) is 33.9 Å². The van der Waals surface area contributed by atoms with E-state index in [0.29, 0.717) is 0 Å². The Morgan fingerprint density at radius 3 is 1.87 bits per heavy atom. The molecule has 0 aliphatic heterocycles. The van der Waals surface area contributed by atoms with Gasteiger partial charge in [0.15, 0.2) is 12.2 Å². The number of carbonyl (C=O) groups is 6. The van der Waals surface area contributed by atoms with Gasteiger partial charge in [-0.2, -0.15) is 0 Å². The molecule has 0 amide bonds. The molecule has 14 heteroatoms. The minimum absolute atomic E-state index is 0.0374. The van der Waals surface area contributed by atoms with E-state index in [-0.39, 0.29) is 42.2 Å². The molecule has 55 heavy (non-hydrogen) atoms. The van der Waals surface area contributed by atoms with Crippen LogP contribution in [0, 0.1) is 22.7 Å². The average molecular weight is 770 g/mol. The van der Waals surface area contributed by atoms with Gasteiger partial charge in [0, 0.05) is 76.3 Å². The summed E-state index contributed by atoms with van der Waals surface area (Å²) >= 11 is 0. The van der Waals surface area contributed by atoms with Crippen molar-refractivity contribution in [2.75, 3.05) is 14.1 Å². The number of nitrogens with zero attached hydrogens (tertiary/aromatic N) is 1. The number of aliphatic hydroxyl groups is 1. The fraction of sp³-hybridized carbons (Fsp3) is 0.610. The van der Waals surface area contributed by atoms with Crippen molar-refractivity contribution < 1.29 is 62.3 Å². The summed E-state index contributed by atoms with van der Waals surface area (Å²) in [6.07, 6.45) is -7.25. The quantitative estimate of drug-likeness (QED) is 0.199. The summed E-state index contributed by atoms with van der Waals surface area (Å²) in [4.78, 5) is 80.5. The molecule has 1 aromatic rings. The maximum absolute atomic E-state index is 13.9. The van der Waals surface area contributed by atoms with Gasteiger partial charge in [0.25, 0.3) is 0 Å². The van der Waals surface area contributed by atoms with Crippen LogP contribution in [0.2, 0.25) is 0 Å². The van der Waals surface area contributed by atoms with Crippen LogP contribution in [0.1, 0.15) is 93.2 Å². The van der Waals surface area contributed by atoms with E-state index < -0.39 is 94.6 Å². The molecule has 0 heterocycles. The van der Waals surface area contributed by atoms with E-state index in [4.69, 9.17) is 28.4 Å². The predicted molar refractivity (Wildman–Crippen MR) is 196 cm³/mol. The third-order valence-corrected chi connectivity index (χ3v) is 11.8. The average Bonchev–Trinajstić information content (AvgIpc) is 3.06. The molecule has 0 spiro atoms. The summed E-state index contributed by atoms with van der Waals surface area (Å²) < 4.78 is 36.2. The van der Waals surface area contributed by atoms with Gasteiger partial charge in [0.05, 0.1) is 11.8 Å². The Kier molecular flexibility index (Phi) is 12.8. The Bertz CT molecular complexity index is 1730. The molecule has 302 valence electrons. The molecule has 10 atom stereocenters. The smallest absolute Gasteiger partial charge is 0.308 e. The number of rotatable bonds is 10. The first-order valence-corrected chi connectivity index (χ1v) is 18.4. The summed E-state index contributed by atoms with van der Waals surface area (Å²) in [6.45, 7) is 16.8. The Hall–Kier alpha value is -4.56. The van der Waals surface area contributed by atoms with Crippen molar-refractivity contribution in [2.45, 2.75) is 124 Å². The van der Waals surface area contributed by atoms with Crippen LogP contribution in [0.3, 0.4) is 0 Å². The lowest BCUT2D eigenvalue weighted by atomic mass is 9.45. The van der Waals surface area contributed by atoms with Crippen LogP contribution in [0.25, 0.3) is 0 Å². The van der Waals surface area contributed by atoms with E-state index >= 15 is 0 Å². The van der Waals surface area contributed by atoms with Crippen molar-refractivity contribution in [3.63, 3.8) is 0 Å². The first-order chi connectivity index (χ1) is 25.5. The summed E-state index contributed by atoms with van der Waals surface area (Å²) in [5.74, 6) is -6.45. The van der Waals surface area contributed by atoms with Crippen molar-refractivity contribution in [1.29, 1.82) is 0 Å². The van der Waals surface area contributed by atoms with Gasteiger partial charge in [-0.3, -0.25) is 28.8 Å². The lowest BCUT2D eigenvalue weighted by Gasteiger charge is -2.64. The third-order valence-electron chi connectivity index (χ3n) is 11.8. The molecule has 3 aliphatic carbocycles. The first-order valence-electron chi connectivity index (χ1n) is 18.4. The fourth-order valence-corrected chi connectivity index (χ4v) is 9.26. The maximum atomic E-state index is 13.9. The topological polar surface area (TPSA) is 181 Å². The number of hydrogen-bond acceptors (Lipinski definition) is 14. The minimum Gasteiger partial charge on any atom is -0.462 e. The van der Waals surface area contributed by atoms with Crippen LogP contribution in [0.15, 0.2) is 53.8 Å². The third kappa shape index (κ3) is 8.21. The van der Waals surface area contributed by atoms with E-state index in [2.05, 4.69) is 6.58 Å². The van der Waals surface area contributed by atoms with Crippen molar-refractivity contribution in [3.05, 3.63) is 59.4 Å². The number of benzene rings is 1. The highest BCUT2D eigenvalue weighted by atomic mass is 16.6. The highest BCUT2D eigenvalue weighted by Crippen LogP contribution is 2.64. The number of hydrogen-bond donors (Lipinski definition) is 1. The lowest BCUT2D eigenvalue weighted by Crippen LogP contribution is -2.75. The standard InChI is InChI=1S/C41H55NO13/c1-21-31(55-34(48)19-30(42(11)12)28-16-14-13-15-17-28)20-33(51-24(4)44)40(10)35(21)36(52-25(5)45)29-18-32(50-23(3)43)22(2)41(49,39(29,8)9)38(54-27(7)47)37(40)53-26(6)46/h13-17,29-31,33,35-38,49H,1,18-20H2,2-12H3/t29-,30+,31-,33-,35-,36+,37-,38-,40+,41-/m0/s1. The van der Waals surface area contributed by atoms with Crippen molar-refractivity contribution in [3.8, 4) is 0 Å². The van der Waals surface area contributed by atoms with E-state index in [1.807, 2.05) is 49.3 Å². The number of esters is 6. The summed E-state index contributed by atoms with van der Waals surface area (Å²) in [5.41, 5.74) is -4.07. The van der Waals surface area contributed by atoms with Gasteiger partial charge >= 0.3 is 35.8 Å². The van der Waals surface area contributed by atoms with Crippen LogP contribution in [0.4, 0.5) is 0 Å². The maximum Gasteiger partial charge on any atom is 0.308 e. The molecular formula is C41H55NO13. The van der Waals surface area contributed by atoms with Crippen molar-refractivity contribution in [1.82, 2.24) is 4.90 Å². The Labute approximate surface area is 322 Å². The fourth-order valence-electron chi connectivity index (χ4n) is 9.26. The van der Waals surface area contributed by atoms with Crippen LogP contribution in [-0.2, 0) is 57.2 Å². The summed E-state index contributed by atoms with van der Waals surface area (Å²) in [5, 5.41) is 13.2. The molecule has 4 rings (SSSR count). The lowest BCUT2D eigenvalue weighted by molar-refractivity contribution is -0.278. The molecule has 0 aromatic heterocycles. The van der Waals surface area contributed by atoms with E-state index in [0.717, 1.165) is 19.4 Å². The molecule has 1 aromatic carbocycles. The van der Waals surface area contributed by atoms with Gasteiger partial charge in [0.1, 0.15) is 29.7 Å². The monoisotopic (exact) mass is 769 g/mol. The predicted octanol–water partition coefficient (Wildman–Crippen LogP) is 4.53. The molecule has 2 fully saturated rings. The van der Waals surface area contributed by atoms with E-state index in [1.165, 1.54) is 27.7 Å². The molecule has 0 unspecified atom stereocenters. The molecule has 3 aliphatic rings. The van der Waals surface area contributed by atoms with Gasteiger partial charge < -0.3 is 38.4 Å². The molecular weight excluding hydrogens is 714 g/mol. The minimum atomic E-state index is -2.25. The Balaban J connectivity index is 2.02. The summed E-state index contributed by atoms with van der Waals surface area (Å²) in [6, 6.07) is 9.06. The Morgan fingerprint density at radius 2 is 1.36 bits per heavy atom. The summed E-state index contributed by atoms with van der Waals surface area (Å²) in [7, 11) is 3.68. The SMILES string of the molecule is C=C1[C@@H](OC(=O)C[C@H](c2ccccc2)N(C)C)C[C@H](OC(C)=O)[C@@]2(C)[C@@H](OC(C)=O)[C@H](OC(C)=O)[C@@]3(O)C(C)=C(OC(C)=O)C[C@@H]([C@@H](OC(C)=O)[C@H]12)C3(C)C. The van der Waals surface area contributed by atoms with Gasteiger partial charge in [-0.1, -0.05) is 57.7 Å². The highest BCUT2D eigenvalue weighted by Gasteiger charge is 2.73. The first kappa shape index (κ1) is 43.2. The van der Waals surface area contributed by atoms with Crippen LogP contribution < -0.4 is 0 Å². The van der Waals surface area contributed by atoms with Crippen LogP contribution in [-0.4, -0.2) is 96.0 Å². The number of fused-ring (bicyclic) bond motifs is 3. The van der Waals surface area contributed by atoms with Gasteiger partial charge in [-0.25, -0.2) is 0 Å². The molecule has 2 saturated carbocycles. The zero-order valence-corrected chi connectivity index (χ0v) is 33.6. The van der Waals surface area contributed by atoms with Crippen molar-refractivity contribution >= 4 is 35.8 Å². The molecule has 0 radical (unpaired) electrons. The second-order valence-electron chi connectivity index (χ2n) is 15.9. The zero-order chi connectivity index (χ0) is 41.4. The Morgan fingerprint density at radius 1 is 0.818 bits per heavy atom.